The van der Waals surface area contributed by atoms with E-state index in [2.05, 4.69) is 5.10 Å². The third-order valence-corrected chi connectivity index (χ3v) is 4.31. The van der Waals surface area contributed by atoms with Crippen molar-refractivity contribution >= 4 is 18.3 Å². The van der Waals surface area contributed by atoms with E-state index in [0.717, 1.165) is 5.69 Å². The molecule has 0 bridgehead atoms. The predicted molar refractivity (Wildman–Crippen MR) is 106 cm³/mol. The summed E-state index contributed by atoms with van der Waals surface area (Å²) in [4.78, 5) is 26.4. The molecule has 0 radical (unpaired) electrons. The van der Waals surface area contributed by atoms with Gasteiger partial charge < -0.3 is 10.6 Å². The lowest BCUT2D eigenvalue weighted by Gasteiger charge is -2.21. The zero-order chi connectivity index (χ0) is 18.6. The number of rotatable bonds is 6. The Labute approximate surface area is 160 Å². The second kappa shape index (κ2) is 9.50. The van der Waals surface area contributed by atoms with Gasteiger partial charge in [0.2, 0.25) is 5.43 Å². The van der Waals surface area contributed by atoms with Crippen molar-refractivity contribution in [2.75, 3.05) is 13.6 Å². The molecule has 0 aliphatic carbocycles. The number of halogens is 1. The number of para-hydroxylation sites is 1. The molecule has 2 aromatic rings. The van der Waals surface area contributed by atoms with Crippen molar-refractivity contribution < 1.29 is 4.79 Å². The molecule has 0 saturated carbocycles. The maximum Gasteiger partial charge on any atom is 0.278 e. The first kappa shape index (κ1) is 21.9. The van der Waals surface area contributed by atoms with E-state index in [-0.39, 0.29) is 35.5 Å². The van der Waals surface area contributed by atoms with Gasteiger partial charge in [0.15, 0.2) is 5.69 Å². The number of hydrogen-bond acceptors (Lipinski definition) is 4. The van der Waals surface area contributed by atoms with E-state index >= 15 is 0 Å². The second-order valence-electron chi connectivity index (χ2n) is 6.67. The number of benzene rings is 1. The van der Waals surface area contributed by atoms with Gasteiger partial charge in [-0.2, -0.15) is 5.10 Å². The van der Waals surface area contributed by atoms with Crippen LogP contribution in [0, 0.1) is 12.8 Å². The fourth-order valence-corrected chi connectivity index (χ4v) is 2.48. The van der Waals surface area contributed by atoms with Crippen LogP contribution >= 0.6 is 12.4 Å². The summed E-state index contributed by atoms with van der Waals surface area (Å²) in [5.74, 6) is -0.0399. The van der Waals surface area contributed by atoms with Crippen LogP contribution in [0.15, 0.2) is 41.2 Å². The van der Waals surface area contributed by atoms with Crippen molar-refractivity contribution in [3.05, 3.63) is 58.0 Å². The van der Waals surface area contributed by atoms with Crippen LogP contribution in [0.1, 0.15) is 36.5 Å². The van der Waals surface area contributed by atoms with Crippen LogP contribution in [0.2, 0.25) is 0 Å². The number of carbonyl (C=O) groups is 1. The Bertz CT molecular complexity index is 790. The first-order valence-corrected chi connectivity index (χ1v) is 8.48. The van der Waals surface area contributed by atoms with Crippen LogP contribution in [0.25, 0.3) is 5.69 Å². The molecule has 142 valence electrons. The highest BCUT2D eigenvalue weighted by molar-refractivity contribution is 5.91. The lowest BCUT2D eigenvalue weighted by atomic mass is 10.0. The highest BCUT2D eigenvalue weighted by Gasteiger charge is 2.20. The second-order valence-corrected chi connectivity index (χ2v) is 6.67. The van der Waals surface area contributed by atoms with Crippen LogP contribution in [0.5, 0.6) is 0 Å². The summed E-state index contributed by atoms with van der Waals surface area (Å²) in [6.45, 7) is 6.37. The summed E-state index contributed by atoms with van der Waals surface area (Å²) in [5.41, 5.74) is 7.08. The Morgan fingerprint density at radius 1 is 1.27 bits per heavy atom. The molecule has 1 unspecified atom stereocenters. The molecule has 0 fully saturated rings. The summed E-state index contributed by atoms with van der Waals surface area (Å²) in [5, 5.41) is 4.31. The van der Waals surface area contributed by atoms with E-state index in [4.69, 9.17) is 5.73 Å². The van der Waals surface area contributed by atoms with Crippen LogP contribution in [0.4, 0.5) is 0 Å². The lowest BCUT2D eigenvalue weighted by molar-refractivity contribution is 0.0780. The molecule has 6 nitrogen and oxygen atoms in total. The van der Waals surface area contributed by atoms with E-state index in [1.807, 2.05) is 44.2 Å². The Balaban J connectivity index is 0.00000338. The first-order chi connectivity index (χ1) is 11.8. The number of amides is 1. The van der Waals surface area contributed by atoms with Crippen LogP contribution < -0.4 is 11.2 Å². The van der Waals surface area contributed by atoms with Crippen molar-refractivity contribution in [2.24, 2.45) is 11.7 Å². The van der Waals surface area contributed by atoms with Crippen molar-refractivity contribution in [3.63, 3.8) is 0 Å². The SMILES string of the molecule is Cc1cc(=O)c(C(=O)N(C)CCC(N)C(C)C)nn1-c1ccccc1.Cl. The minimum absolute atomic E-state index is 0. The van der Waals surface area contributed by atoms with Gasteiger partial charge in [0.25, 0.3) is 5.91 Å². The van der Waals surface area contributed by atoms with Gasteiger partial charge in [0, 0.05) is 31.4 Å². The molecule has 0 aliphatic heterocycles. The molecule has 7 heteroatoms. The minimum atomic E-state index is -0.384. The maximum absolute atomic E-state index is 12.7. The van der Waals surface area contributed by atoms with Crippen LogP contribution in [0.3, 0.4) is 0 Å². The van der Waals surface area contributed by atoms with E-state index in [9.17, 15) is 9.59 Å². The molecule has 26 heavy (non-hydrogen) atoms. The molecule has 2 rings (SSSR count). The highest BCUT2D eigenvalue weighted by Crippen LogP contribution is 2.09. The van der Waals surface area contributed by atoms with Gasteiger partial charge in [-0.3, -0.25) is 9.59 Å². The van der Waals surface area contributed by atoms with Gasteiger partial charge in [0.05, 0.1) is 5.69 Å². The van der Waals surface area contributed by atoms with Crippen LogP contribution in [-0.2, 0) is 0 Å². The first-order valence-electron chi connectivity index (χ1n) is 8.48. The smallest absolute Gasteiger partial charge is 0.278 e. The van der Waals surface area contributed by atoms with E-state index in [1.165, 1.54) is 11.0 Å². The predicted octanol–water partition coefficient (Wildman–Crippen LogP) is 2.41. The van der Waals surface area contributed by atoms with E-state index < -0.39 is 0 Å². The molecule has 1 aromatic heterocycles. The number of aromatic nitrogens is 2. The van der Waals surface area contributed by atoms with Crippen molar-refractivity contribution in [1.29, 1.82) is 0 Å². The average molecular weight is 379 g/mol. The summed E-state index contributed by atoms with van der Waals surface area (Å²) < 4.78 is 1.61. The molecule has 0 spiro atoms. The molecule has 0 saturated heterocycles. The molecule has 1 heterocycles. The maximum atomic E-state index is 12.7. The van der Waals surface area contributed by atoms with E-state index in [1.54, 1.807) is 18.7 Å². The van der Waals surface area contributed by atoms with Gasteiger partial charge in [-0.25, -0.2) is 4.68 Å². The summed E-state index contributed by atoms with van der Waals surface area (Å²) in [6.07, 6.45) is 0.679. The molecule has 2 N–H and O–H groups in total. The Hall–Kier alpha value is -2.18. The van der Waals surface area contributed by atoms with Crippen molar-refractivity contribution in [3.8, 4) is 5.69 Å². The van der Waals surface area contributed by atoms with Gasteiger partial charge in [-0.05, 0) is 31.4 Å². The molecular formula is C19H27ClN4O2. The Morgan fingerprint density at radius 3 is 2.46 bits per heavy atom. The number of hydrogen-bond donors (Lipinski definition) is 1. The topological polar surface area (TPSA) is 81.2 Å². The Morgan fingerprint density at radius 2 is 1.88 bits per heavy atom. The zero-order valence-corrected chi connectivity index (χ0v) is 16.5. The third kappa shape index (κ3) is 5.16. The number of nitrogens with zero attached hydrogens (tertiary/aromatic N) is 3. The average Bonchev–Trinajstić information content (AvgIpc) is 2.59. The quantitative estimate of drug-likeness (QED) is 0.836. The molecule has 0 aliphatic rings. The van der Waals surface area contributed by atoms with E-state index in [0.29, 0.717) is 24.6 Å². The molecule has 1 atom stereocenters. The van der Waals surface area contributed by atoms with Gasteiger partial charge in [-0.1, -0.05) is 32.0 Å². The number of aryl methyl sites for hydroxylation is 1. The largest absolute Gasteiger partial charge is 0.340 e. The fourth-order valence-electron chi connectivity index (χ4n) is 2.48. The Kier molecular flexibility index (Phi) is 7.99. The van der Waals surface area contributed by atoms with Crippen molar-refractivity contribution in [2.45, 2.75) is 33.2 Å². The molecule has 1 aromatic carbocycles. The summed E-state index contributed by atoms with van der Waals surface area (Å²) in [7, 11) is 1.67. The fraction of sp³-hybridized carbons (Fsp3) is 0.421. The lowest BCUT2D eigenvalue weighted by Crippen LogP contribution is -2.37. The number of carbonyl (C=O) groups excluding carboxylic acids is 1. The van der Waals surface area contributed by atoms with Gasteiger partial charge in [-0.15, -0.1) is 12.4 Å². The monoisotopic (exact) mass is 378 g/mol. The molecular weight excluding hydrogens is 352 g/mol. The third-order valence-electron chi connectivity index (χ3n) is 4.31. The number of nitrogens with two attached hydrogens (primary N) is 1. The normalized spacial score (nSPS) is 11.8. The zero-order valence-electron chi connectivity index (χ0n) is 15.7. The highest BCUT2D eigenvalue weighted by atomic mass is 35.5. The van der Waals surface area contributed by atoms with Gasteiger partial charge in [0.1, 0.15) is 0 Å². The standard InChI is InChI=1S/C19H26N4O2.ClH/c1-13(2)16(20)10-11-22(4)19(25)18-17(24)12-14(3)23(21-18)15-8-6-5-7-9-15;/h5-9,12-13,16H,10-11,20H2,1-4H3;1H. The van der Waals surface area contributed by atoms with Crippen molar-refractivity contribution in [1.82, 2.24) is 14.7 Å². The summed E-state index contributed by atoms with van der Waals surface area (Å²) in [6, 6.07) is 10.9. The summed E-state index contributed by atoms with van der Waals surface area (Å²) >= 11 is 0. The molecule has 1 amide bonds. The van der Waals surface area contributed by atoms with Gasteiger partial charge >= 0.3 is 0 Å². The minimum Gasteiger partial charge on any atom is -0.340 e. The van der Waals surface area contributed by atoms with Crippen LogP contribution in [-0.4, -0.2) is 40.2 Å².